The number of carbonyl (C=O) groups is 1. The van der Waals surface area contributed by atoms with Crippen LogP contribution in [0.1, 0.15) is 50.9 Å². The lowest BCUT2D eigenvalue weighted by Gasteiger charge is -2.15. The zero-order valence-corrected chi connectivity index (χ0v) is 19.9. The molecule has 6 heteroatoms. The second-order valence-corrected chi connectivity index (χ2v) is 8.16. The third-order valence-corrected chi connectivity index (χ3v) is 5.72. The molecular formula is C26H33N5O. The van der Waals surface area contributed by atoms with Gasteiger partial charge in [-0.25, -0.2) is 0 Å². The maximum absolute atomic E-state index is 12.9. The Morgan fingerprint density at radius 2 is 1.78 bits per heavy atom. The number of nitrogens with one attached hydrogen (secondary N) is 2. The number of benzene rings is 2. The quantitative estimate of drug-likeness (QED) is 0.431. The Bertz CT molecular complexity index is 1140. The van der Waals surface area contributed by atoms with Gasteiger partial charge in [-0.3, -0.25) is 19.8 Å². The number of guanidine groups is 1. The molecular weight excluding hydrogens is 398 g/mol. The summed E-state index contributed by atoms with van der Waals surface area (Å²) >= 11 is 0. The van der Waals surface area contributed by atoms with Gasteiger partial charge in [-0.1, -0.05) is 35.9 Å². The van der Waals surface area contributed by atoms with Crippen molar-refractivity contribution in [1.82, 2.24) is 15.1 Å². The van der Waals surface area contributed by atoms with Crippen LogP contribution >= 0.6 is 0 Å². The normalized spacial score (nSPS) is 11.5. The van der Waals surface area contributed by atoms with Crippen LogP contribution in [0.3, 0.4) is 0 Å². The fraction of sp³-hybridized carbons (Fsp3) is 0.346. The van der Waals surface area contributed by atoms with Crippen molar-refractivity contribution in [2.75, 3.05) is 11.9 Å². The summed E-state index contributed by atoms with van der Waals surface area (Å²) in [6, 6.07) is 13.7. The first kappa shape index (κ1) is 23.3. The lowest BCUT2D eigenvalue weighted by atomic mass is 10.1. The smallest absolute Gasteiger partial charge is 0.258 e. The first-order valence-electron chi connectivity index (χ1n) is 11.1. The Labute approximate surface area is 190 Å². The Hall–Kier alpha value is -3.41. The van der Waals surface area contributed by atoms with Crippen molar-refractivity contribution in [1.29, 1.82) is 0 Å². The van der Waals surface area contributed by atoms with Gasteiger partial charge in [0.1, 0.15) is 0 Å². The minimum absolute atomic E-state index is 0.176. The molecule has 0 aliphatic rings. The minimum atomic E-state index is -0.176. The molecule has 0 bridgehead atoms. The van der Waals surface area contributed by atoms with Gasteiger partial charge in [-0.05, 0) is 76.8 Å². The summed E-state index contributed by atoms with van der Waals surface area (Å²) in [5.41, 5.74) is 8.19. The molecule has 168 valence electrons. The summed E-state index contributed by atoms with van der Waals surface area (Å²) in [5, 5.41) is 10.9. The largest absolute Gasteiger partial charge is 0.326 e. The first-order valence-corrected chi connectivity index (χ1v) is 11.1. The number of hydrogen-bond acceptors (Lipinski definition) is 3. The van der Waals surface area contributed by atoms with E-state index >= 15 is 0 Å². The molecule has 0 radical (unpaired) electrons. The molecule has 2 N–H and O–H groups in total. The van der Waals surface area contributed by atoms with E-state index in [0.717, 1.165) is 35.5 Å². The number of carbonyl (C=O) groups excluding carboxylic acids is 1. The fourth-order valence-electron chi connectivity index (χ4n) is 3.88. The average Bonchev–Trinajstić information content (AvgIpc) is 3.03. The molecule has 0 saturated heterocycles. The summed E-state index contributed by atoms with van der Waals surface area (Å²) in [6.45, 7) is 13.6. The molecule has 6 nitrogen and oxygen atoms in total. The van der Waals surface area contributed by atoms with E-state index in [1.54, 1.807) is 0 Å². The van der Waals surface area contributed by atoms with E-state index in [0.29, 0.717) is 18.1 Å². The van der Waals surface area contributed by atoms with Crippen LogP contribution in [0.15, 0.2) is 47.5 Å². The predicted molar refractivity (Wildman–Crippen MR) is 132 cm³/mol. The second kappa shape index (κ2) is 10.3. The lowest BCUT2D eigenvalue weighted by Crippen LogP contribution is -2.36. The van der Waals surface area contributed by atoms with E-state index in [9.17, 15) is 4.79 Å². The molecule has 1 aromatic heterocycles. The molecule has 0 atom stereocenters. The molecule has 2 aromatic carbocycles. The van der Waals surface area contributed by atoms with E-state index < -0.39 is 0 Å². The SMILES string of the molecule is CCn1nc(C)c(CCN=C(NC(=O)c2ccccc2C)Nc2ccc(C)cc2C)c1C. The molecule has 3 aromatic rings. The van der Waals surface area contributed by atoms with Gasteiger partial charge in [0.25, 0.3) is 5.91 Å². The third-order valence-electron chi connectivity index (χ3n) is 5.72. The van der Waals surface area contributed by atoms with Gasteiger partial charge in [0.15, 0.2) is 0 Å². The summed E-state index contributed by atoms with van der Waals surface area (Å²) in [7, 11) is 0. The van der Waals surface area contributed by atoms with Crippen molar-refractivity contribution >= 4 is 17.6 Å². The molecule has 3 rings (SSSR count). The second-order valence-electron chi connectivity index (χ2n) is 8.16. The summed E-state index contributed by atoms with van der Waals surface area (Å²) in [4.78, 5) is 17.7. The van der Waals surface area contributed by atoms with Crippen LogP contribution in [-0.2, 0) is 13.0 Å². The van der Waals surface area contributed by atoms with Gasteiger partial charge in [0.05, 0.1) is 5.69 Å². The molecule has 0 spiro atoms. The zero-order chi connectivity index (χ0) is 23.3. The highest BCUT2D eigenvalue weighted by Gasteiger charge is 2.13. The molecule has 0 fully saturated rings. The van der Waals surface area contributed by atoms with Crippen LogP contribution in [0.4, 0.5) is 5.69 Å². The predicted octanol–water partition coefficient (Wildman–Crippen LogP) is 4.89. The minimum Gasteiger partial charge on any atom is -0.326 e. The van der Waals surface area contributed by atoms with Crippen molar-refractivity contribution in [2.24, 2.45) is 4.99 Å². The van der Waals surface area contributed by atoms with E-state index in [4.69, 9.17) is 4.99 Å². The van der Waals surface area contributed by atoms with Gasteiger partial charge in [-0.2, -0.15) is 5.10 Å². The number of amides is 1. The van der Waals surface area contributed by atoms with Crippen LogP contribution in [0.2, 0.25) is 0 Å². The molecule has 32 heavy (non-hydrogen) atoms. The zero-order valence-electron chi connectivity index (χ0n) is 19.9. The molecule has 0 aliphatic carbocycles. The lowest BCUT2D eigenvalue weighted by molar-refractivity contribution is 0.0976. The van der Waals surface area contributed by atoms with Crippen molar-refractivity contribution in [3.05, 3.63) is 81.7 Å². The van der Waals surface area contributed by atoms with E-state index in [1.165, 1.54) is 16.8 Å². The Kier molecular flexibility index (Phi) is 7.46. The van der Waals surface area contributed by atoms with Crippen molar-refractivity contribution in [3.63, 3.8) is 0 Å². The first-order chi connectivity index (χ1) is 15.3. The standard InChI is InChI=1S/C26H33N5O/c1-7-31-21(6)23(20(5)30-31)14-15-27-26(28-24-13-12-17(2)16-19(24)4)29-25(32)22-11-9-8-10-18(22)3/h8-13,16H,7,14-15H2,1-6H3,(H2,27,28,29,32). The van der Waals surface area contributed by atoms with E-state index in [2.05, 4.69) is 42.6 Å². The Morgan fingerprint density at radius 1 is 1.03 bits per heavy atom. The molecule has 1 amide bonds. The topological polar surface area (TPSA) is 71.3 Å². The van der Waals surface area contributed by atoms with Crippen LogP contribution in [0.5, 0.6) is 0 Å². The summed E-state index contributed by atoms with van der Waals surface area (Å²) in [5.74, 6) is 0.272. The van der Waals surface area contributed by atoms with Gasteiger partial charge in [0, 0.05) is 30.0 Å². The average molecular weight is 432 g/mol. The Morgan fingerprint density at radius 3 is 2.44 bits per heavy atom. The van der Waals surface area contributed by atoms with Crippen molar-refractivity contribution in [2.45, 2.75) is 54.5 Å². The maximum atomic E-state index is 12.9. The van der Waals surface area contributed by atoms with Gasteiger partial charge in [-0.15, -0.1) is 0 Å². The van der Waals surface area contributed by atoms with Gasteiger partial charge < -0.3 is 5.32 Å². The number of rotatable bonds is 6. The summed E-state index contributed by atoms with van der Waals surface area (Å²) in [6.07, 6.45) is 0.760. The molecule has 1 heterocycles. The Balaban J connectivity index is 1.83. The van der Waals surface area contributed by atoms with Crippen LogP contribution in [0.25, 0.3) is 0 Å². The third kappa shape index (κ3) is 5.44. The number of anilines is 1. The molecule has 0 unspecified atom stereocenters. The molecule has 0 aliphatic heterocycles. The van der Waals surface area contributed by atoms with Crippen LogP contribution in [-0.4, -0.2) is 28.2 Å². The van der Waals surface area contributed by atoms with E-state index in [1.807, 2.05) is 61.9 Å². The van der Waals surface area contributed by atoms with E-state index in [-0.39, 0.29) is 5.91 Å². The number of aryl methyl sites for hydroxylation is 5. The van der Waals surface area contributed by atoms with Crippen LogP contribution < -0.4 is 10.6 Å². The molecule has 0 saturated carbocycles. The highest BCUT2D eigenvalue weighted by atomic mass is 16.1. The van der Waals surface area contributed by atoms with Gasteiger partial charge >= 0.3 is 0 Å². The van der Waals surface area contributed by atoms with Crippen molar-refractivity contribution in [3.8, 4) is 0 Å². The maximum Gasteiger partial charge on any atom is 0.258 e. The van der Waals surface area contributed by atoms with Gasteiger partial charge in [0.2, 0.25) is 5.96 Å². The number of hydrogen-bond donors (Lipinski definition) is 2. The number of nitrogens with zero attached hydrogens (tertiary/aromatic N) is 3. The summed E-state index contributed by atoms with van der Waals surface area (Å²) < 4.78 is 2.02. The highest BCUT2D eigenvalue weighted by Crippen LogP contribution is 2.17. The van der Waals surface area contributed by atoms with Crippen molar-refractivity contribution < 1.29 is 4.79 Å². The monoisotopic (exact) mass is 431 g/mol. The number of aliphatic imine (C=N–C) groups is 1. The van der Waals surface area contributed by atoms with Crippen LogP contribution in [0, 0.1) is 34.6 Å². The highest BCUT2D eigenvalue weighted by molar-refractivity contribution is 6.10. The fourth-order valence-corrected chi connectivity index (χ4v) is 3.88. The number of aromatic nitrogens is 2.